The first-order valence-electron chi connectivity index (χ1n) is 3.35. The van der Waals surface area contributed by atoms with Gasteiger partial charge in [0.25, 0.3) is 0 Å². The van der Waals surface area contributed by atoms with Crippen LogP contribution >= 0.6 is 0 Å². The monoisotopic (exact) mass is 131 g/mol. The molecule has 0 heterocycles. The molecule has 0 nitrogen and oxygen atoms in total. The van der Waals surface area contributed by atoms with E-state index in [1.807, 2.05) is 24.3 Å². The SMILES string of the molecule is [CH2]c1ccccc1CC=C. The summed E-state index contributed by atoms with van der Waals surface area (Å²) in [6.07, 6.45) is 2.81. The van der Waals surface area contributed by atoms with Gasteiger partial charge in [-0.15, -0.1) is 6.58 Å². The Morgan fingerprint density at radius 3 is 2.60 bits per heavy atom. The van der Waals surface area contributed by atoms with Crippen LogP contribution in [0.2, 0.25) is 0 Å². The Labute approximate surface area is 62.2 Å². The van der Waals surface area contributed by atoms with Gasteiger partial charge in [-0.25, -0.2) is 0 Å². The second kappa shape index (κ2) is 3.21. The fourth-order valence-electron chi connectivity index (χ4n) is 0.912. The molecular formula is C10H11. The van der Waals surface area contributed by atoms with E-state index >= 15 is 0 Å². The lowest BCUT2D eigenvalue weighted by Gasteiger charge is -1.99. The molecule has 10 heavy (non-hydrogen) atoms. The number of hydrogen-bond donors (Lipinski definition) is 0. The Hall–Kier alpha value is -1.04. The maximum Gasteiger partial charge on any atom is -0.00974 e. The van der Waals surface area contributed by atoms with Crippen LogP contribution in [0.1, 0.15) is 11.1 Å². The Balaban J connectivity index is 2.91. The third kappa shape index (κ3) is 1.47. The highest BCUT2D eigenvalue weighted by Crippen LogP contribution is 2.06. The summed E-state index contributed by atoms with van der Waals surface area (Å²) in [7, 11) is 0. The Morgan fingerprint density at radius 1 is 1.30 bits per heavy atom. The predicted octanol–water partition coefficient (Wildman–Crippen LogP) is 2.60. The normalized spacial score (nSPS) is 9.30. The van der Waals surface area contributed by atoms with Crippen LogP contribution in [0, 0.1) is 6.92 Å². The summed E-state index contributed by atoms with van der Waals surface area (Å²) in [4.78, 5) is 0. The number of allylic oxidation sites excluding steroid dienone is 1. The maximum atomic E-state index is 3.89. The van der Waals surface area contributed by atoms with Crippen molar-refractivity contribution in [1.29, 1.82) is 0 Å². The first kappa shape index (κ1) is 7.07. The molecule has 0 amide bonds. The van der Waals surface area contributed by atoms with Crippen molar-refractivity contribution in [2.75, 3.05) is 0 Å². The van der Waals surface area contributed by atoms with E-state index in [4.69, 9.17) is 0 Å². The van der Waals surface area contributed by atoms with Crippen LogP contribution in [0.25, 0.3) is 0 Å². The molecule has 0 heteroatoms. The zero-order valence-electron chi connectivity index (χ0n) is 6.01. The van der Waals surface area contributed by atoms with E-state index in [0.29, 0.717) is 0 Å². The van der Waals surface area contributed by atoms with E-state index in [-0.39, 0.29) is 0 Å². The highest BCUT2D eigenvalue weighted by Gasteiger charge is 1.91. The van der Waals surface area contributed by atoms with Gasteiger partial charge in [-0.2, -0.15) is 0 Å². The van der Waals surface area contributed by atoms with Crippen molar-refractivity contribution in [2.45, 2.75) is 6.42 Å². The fraction of sp³-hybridized carbons (Fsp3) is 0.100. The molecular weight excluding hydrogens is 120 g/mol. The first-order chi connectivity index (χ1) is 4.84. The van der Waals surface area contributed by atoms with Crippen LogP contribution in [0.4, 0.5) is 0 Å². The van der Waals surface area contributed by atoms with Gasteiger partial charge in [-0.1, -0.05) is 30.3 Å². The third-order valence-electron chi connectivity index (χ3n) is 1.48. The average molecular weight is 131 g/mol. The van der Waals surface area contributed by atoms with Crippen molar-refractivity contribution >= 4 is 0 Å². The molecule has 0 aliphatic carbocycles. The highest BCUT2D eigenvalue weighted by atomic mass is 14.0. The molecule has 0 spiro atoms. The summed E-state index contributed by atoms with van der Waals surface area (Å²) in [5, 5.41) is 0. The van der Waals surface area contributed by atoms with Crippen LogP contribution in [0.15, 0.2) is 36.9 Å². The summed E-state index contributed by atoms with van der Waals surface area (Å²) in [5.41, 5.74) is 2.36. The van der Waals surface area contributed by atoms with E-state index in [1.54, 1.807) is 0 Å². The molecule has 0 aliphatic rings. The van der Waals surface area contributed by atoms with Gasteiger partial charge < -0.3 is 0 Å². The van der Waals surface area contributed by atoms with Crippen molar-refractivity contribution in [3.63, 3.8) is 0 Å². The van der Waals surface area contributed by atoms with Crippen molar-refractivity contribution in [1.82, 2.24) is 0 Å². The summed E-state index contributed by atoms with van der Waals surface area (Å²) >= 11 is 0. The largest absolute Gasteiger partial charge is 0.103 e. The smallest absolute Gasteiger partial charge is 0.00974 e. The molecule has 0 aliphatic heterocycles. The predicted molar refractivity (Wildman–Crippen MR) is 44.8 cm³/mol. The van der Waals surface area contributed by atoms with Gasteiger partial charge in [0.05, 0.1) is 0 Å². The molecule has 0 bridgehead atoms. The highest BCUT2D eigenvalue weighted by molar-refractivity contribution is 5.30. The molecule has 0 unspecified atom stereocenters. The summed E-state index contributed by atoms with van der Waals surface area (Å²) in [5.74, 6) is 0. The summed E-state index contributed by atoms with van der Waals surface area (Å²) < 4.78 is 0. The zero-order valence-corrected chi connectivity index (χ0v) is 6.01. The van der Waals surface area contributed by atoms with Gasteiger partial charge in [-0.3, -0.25) is 0 Å². The third-order valence-corrected chi connectivity index (χ3v) is 1.48. The fourth-order valence-corrected chi connectivity index (χ4v) is 0.912. The lowest BCUT2D eigenvalue weighted by atomic mass is 10.1. The molecule has 1 radical (unpaired) electrons. The molecule has 1 rings (SSSR count). The lowest BCUT2D eigenvalue weighted by molar-refractivity contribution is 1.25. The Bertz CT molecular complexity index is 223. The molecule has 0 fully saturated rings. The minimum atomic E-state index is 0.916. The van der Waals surface area contributed by atoms with Gasteiger partial charge in [0.15, 0.2) is 0 Å². The quantitative estimate of drug-likeness (QED) is 0.541. The minimum absolute atomic E-state index is 0.916. The van der Waals surface area contributed by atoms with Gasteiger partial charge in [-0.05, 0) is 24.5 Å². The number of hydrogen-bond acceptors (Lipinski definition) is 0. The lowest BCUT2D eigenvalue weighted by Crippen LogP contribution is -1.83. The Morgan fingerprint density at radius 2 is 2.00 bits per heavy atom. The topological polar surface area (TPSA) is 0 Å². The molecule has 51 valence electrons. The van der Waals surface area contributed by atoms with Crippen molar-refractivity contribution in [3.05, 3.63) is 55.0 Å². The van der Waals surface area contributed by atoms with Gasteiger partial charge in [0.2, 0.25) is 0 Å². The average Bonchev–Trinajstić information content (AvgIpc) is 1.94. The zero-order chi connectivity index (χ0) is 7.40. The van der Waals surface area contributed by atoms with E-state index in [1.165, 1.54) is 5.56 Å². The van der Waals surface area contributed by atoms with Crippen molar-refractivity contribution in [2.24, 2.45) is 0 Å². The van der Waals surface area contributed by atoms with Crippen LogP contribution < -0.4 is 0 Å². The molecule has 0 atom stereocenters. The number of rotatable bonds is 2. The molecule has 0 aromatic heterocycles. The van der Waals surface area contributed by atoms with Gasteiger partial charge in [0.1, 0.15) is 0 Å². The second-order valence-corrected chi connectivity index (χ2v) is 2.26. The van der Waals surface area contributed by atoms with Gasteiger partial charge >= 0.3 is 0 Å². The molecule has 0 saturated carbocycles. The second-order valence-electron chi connectivity index (χ2n) is 2.26. The Kier molecular flexibility index (Phi) is 2.27. The van der Waals surface area contributed by atoms with Crippen LogP contribution in [-0.4, -0.2) is 0 Å². The van der Waals surface area contributed by atoms with E-state index in [2.05, 4.69) is 19.6 Å². The van der Waals surface area contributed by atoms with Crippen molar-refractivity contribution in [3.8, 4) is 0 Å². The van der Waals surface area contributed by atoms with Crippen LogP contribution in [0.3, 0.4) is 0 Å². The standard InChI is InChI=1S/C10H11/c1-3-6-10-8-5-4-7-9(10)2/h3-5,7-8H,1-2,6H2. The summed E-state index contributed by atoms with van der Waals surface area (Å²) in [6.45, 7) is 7.56. The molecule has 1 aromatic carbocycles. The summed E-state index contributed by atoms with van der Waals surface area (Å²) in [6, 6.07) is 8.10. The molecule has 0 N–H and O–H groups in total. The number of benzene rings is 1. The van der Waals surface area contributed by atoms with E-state index < -0.39 is 0 Å². The first-order valence-corrected chi connectivity index (χ1v) is 3.35. The van der Waals surface area contributed by atoms with E-state index in [9.17, 15) is 0 Å². The van der Waals surface area contributed by atoms with Crippen molar-refractivity contribution < 1.29 is 0 Å². The minimum Gasteiger partial charge on any atom is -0.103 e. The van der Waals surface area contributed by atoms with Crippen LogP contribution in [-0.2, 0) is 6.42 Å². The maximum absolute atomic E-state index is 3.89. The van der Waals surface area contributed by atoms with E-state index in [0.717, 1.165) is 12.0 Å². The van der Waals surface area contributed by atoms with Crippen LogP contribution in [0.5, 0.6) is 0 Å². The van der Waals surface area contributed by atoms with Gasteiger partial charge in [0, 0.05) is 0 Å². The molecule has 0 saturated heterocycles. The molecule has 1 aromatic rings.